The Bertz CT molecular complexity index is 1170. The largest absolute Gasteiger partial charge is 0.417 e. The Balaban J connectivity index is 1.23. The third-order valence-corrected chi connectivity index (χ3v) is 5.20. The van der Waals surface area contributed by atoms with Crippen LogP contribution in [0.1, 0.15) is 44.8 Å². The monoisotopic (exact) mass is 444 g/mol. The van der Waals surface area contributed by atoms with Crippen molar-refractivity contribution in [3.05, 3.63) is 71.2 Å². The summed E-state index contributed by atoms with van der Waals surface area (Å²) >= 11 is 0. The molecule has 0 saturated heterocycles. The molecule has 1 aliphatic rings. The van der Waals surface area contributed by atoms with E-state index < -0.39 is 11.7 Å². The fourth-order valence-corrected chi connectivity index (χ4v) is 3.59. The van der Waals surface area contributed by atoms with Gasteiger partial charge in [-0.1, -0.05) is 12.1 Å². The van der Waals surface area contributed by atoms with Gasteiger partial charge in [0.25, 0.3) is 11.8 Å². The lowest BCUT2D eigenvalue weighted by Crippen LogP contribution is -2.32. The number of pyridine rings is 1. The summed E-state index contributed by atoms with van der Waals surface area (Å²) in [7, 11) is 0. The van der Waals surface area contributed by atoms with E-state index >= 15 is 0 Å². The Morgan fingerprint density at radius 3 is 2.34 bits per heavy atom. The molecule has 0 saturated carbocycles. The van der Waals surface area contributed by atoms with E-state index in [1.165, 1.54) is 16.7 Å². The summed E-state index contributed by atoms with van der Waals surface area (Å²) in [6.07, 6.45) is -1.14. The van der Waals surface area contributed by atoms with Crippen molar-refractivity contribution >= 4 is 23.4 Å². The predicted molar refractivity (Wildman–Crippen MR) is 108 cm³/mol. The van der Waals surface area contributed by atoms with E-state index in [1.54, 1.807) is 24.3 Å². The minimum atomic E-state index is -4.43. The first-order valence-corrected chi connectivity index (χ1v) is 10.0. The first-order valence-electron chi connectivity index (χ1n) is 10.0. The molecule has 0 bridgehead atoms. The standard InChI is InChI=1S/C22H19F3N4O3/c23-22(24,25)14-7-8-18-27-15(13-28(18)12-14)9-10-26-19(30)6-3-11-29-20(31)16-4-1-2-5-17(16)21(29)32/h1-2,4-5,7-8,12-13H,3,6,9-11H2,(H,26,30). The average molecular weight is 444 g/mol. The average Bonchev–Trinajstić information content (AvgIpc) is 3.27. The van der Waals surface area contributed by atoms with Crippen LogP contribution in [0.4, 0.5) is 13.2 Å². The second-order valence-electron chi connectivity index (χ2n) is 7.42. The first-order chi connectivity index (χ1) is 15.2. The van der Waals surface area contributed by atoms with Gasteiger partial charge in [-0.3, -0.25) is 19.3 Å². The molecule has 4 rings (SSSR count). The van der Waals surface area contributed by atoms with Crippen molar-refractivity contribution in [2.75, 3.05) is 13.1 Å². The van der Waals surface area contributed by atoms with Crippen molar-refractivity contribution in [1.82, 2.24) is 19.6 Å². The predicted octanol–water partition coefficient (Wildman–Crippen LogP) is 3.09. The summed E-state index contributed by atoms with van der Waals surface area (Å²) in [4.78, 5) is 42.0. The van der Waals surface area contributed by atoms with Crippen LogP contribution in [0.15, 0.2) is 48.8 Å². The molecule has 32 heavy (non-hydrogen) atoms. The zero-order chi connectivity index (χ0) is 22.9. The molecule has 3 heterocycles. The van der Waals surface area contributed by atoms with E-state index in [1.807, 2.05) is 0 Å². The van der Waals surface area contributed by atoms with Crippen molar-refractivity contribution in [1.29, 1.82) is 0 Å². The van der Waals surface area contributed by atoms with Crippen LogP contribution in [-0.2, 0) is 17.4 Å². The molecule has 7 nitrogen and oxygen atoms in total. The number of halogens is 3. The topological polar surface area (TPSA) is 83.8 Å². The van der Waals surface area contributed by atoms with Gasteiger partial charge in [0.05, 0.1) is 22.4 Å². The van der Waals surface area contributed by atoms with Crippen LogP contribution in [0.5, 0.6) is 0 Å². The van der Waals surface area contributed by atoms with Crippen LogP contribution in [-0.4, -0.2) is 45.1 Å². The molecule has 0 unspecified atom stereocenters. The molecular weight excluding hydrogens is 425 g/mol. The van der Waals surface area contributed by atoms with Gasteiger partial charge < -0.3 is 9.72 Å². The number of fused-ring (bicyclic) bond motifs is 2. The number of nitrogens with one attached hydrogen (secondary N) is 1. The van der Waals surface area contributed by atoms with Gasteiger partial charge >= 0.3 is 6.18 Å². The molecule has 166 valence electrons. The van der Waals surface area contributed by atoms with Gasteiger partial charge in [0.15, 0.2) is 0 Å². The maximum atomic E-state index is 12.8. The molecule has 0 fully saturated rings. The van der Waals surface area contributed by atoms with E-state index in [9.17, 15) is 27.6 Å². The summed E-state index contributed by atoms with van der Waals surface area (Å²) in [5.74, 6) is -0.956. The highest BCUT2D eigenvalue weighted by Gasteiger charge is 2.34. The molecule has 0 aliphatic carbocycles. The molecule has 0 spiro atoms. The number of imidazole rings is 1. The van der Waals surface area contributed by atoms with Crippen LogP contribution in [0, 0.1) is 0 Å². The smallest absolute Gasteiger partial charge is 0.356 e. The second kappa shape index (κ2) is 8.45. The summed E-state index contributed by atoms with van der Waals surface area (Å²) in [6.45, 7) is 0.412. The number of amides is 3. The number of alkyl halides is 3. The quantitative estimate of drug-likeness (QED) is 0.568. The Hall–Kier alpha value is -3.69. The number of nitrogens with zero attached hydrogens (tertiary/aromatic N) is 3. The minimum Gasteiger partial charge on any atom is -0.356 e. The van der Waals surface area contributed by atoms with Gasteiger partial charge in [-0.25, -0.2) is 4.98 Å². The molecule has 10 heteroatoms. The third-order valence-electron chi connectivity index (χ3n) is 5.20. The lowest BCUT2D eigenvalue weighted by molar-refractivity contribution is -0.137. The van der Waals surface area contributed by atoms with Gasteiger partial charge in [0.1, 0.15) is 5.65 Å². The molecule has 1 N–H and O–H groups in total. The molecule has 1 aromatic carbocycles. The zero-order valence-corrected chi connectivity index (χ0v) is 16.9. The van der Waals surface area contributed by atoms with E-state index in [4.69, 9.17) is 0 Å². The highest BCUT2D eigenvalue weighted by Crippen LogP contribution is 2.29. The first kappa shape index (κ1) is 21.5. The number of aromatic nitrogens is 2. The Morgan fingerprint density at radius 1 is 1.00 bits per heavy atom. The number of hydrogen-bond acceptors (Lipinski definition) is 4. The van der Waals surface area contributed by atoms with Gasteiger partial charge in [-0.2, -0.15) is 13.2 Å². The number of hydrogen-bond donors (Lipinski definition) is 1. The Morgan fingerprint density at radius 2 is 1.69 bits per heavy atom. The molecular formula is C22H19F3N4O3. The molecule has 2 aromatic heterocycles. The van der Waals surface area contributed by atoms with Crippen molar-refractivity contribution < 1.29 is 27.6 Å². The van der Waals surface area contributed by atoms with E-state index in [2.05, 4.69) is 10.3 Å². The summed E-state index contributed by atoms with van der Waals surface area (Å²) < 4.78 is 39.7. The van der Waals surface area contributed by atoms with Gasteiger partial charge in [-0.05, 0) is 30.7 Å². The summed E-state index contributed by atoms with van der Waals surface area (Å²) in [5.41, 5.74) is 0.921. The molecule has 0 radical (unpaired) electrons. The van der Waals surface area contributed by atoms with Gasteiger partial charge in [0, 0.05) is 38.3 Å². The van der Waals surface area contributed by atoms with Gasteiger partial charge in [-0.15, -0.1) is 0 Å². The van der Waals surface area contributed by atoms with Crippen molar-refractivity contribution in [2.45, 2.75) is 25.4 Å². The number of rotatable bonds is 7. The Kier molecular flexibility index (Phi) is 5.68. The van der Waals surface area contributed by atoms with Crippen molar-refractivity contribution in [3.63, 3.8) is 0 Å². The Labute approximate surface area is 180 Å². The zero-order valence-electron chi connectivity index (χ0n) is 16.9. The third kappa shape index (κ3) is 4.34. The van der Waals surface area contributed by atoms with Crippen LogP contribution in [0.25, 0.3) is 5.65 Å². The molecule has 0 atom stereocenters. The van der Waals surface area contributed by atoms with Crippen LogP contribution < -0.4 is 5.32 Å². The minimum absolute atomic E-state index is 0.132. The lowest BCUT2D eigenvalue weighted by atomic mass is 10.1. The maximum Gasteiger partial charge on any atom is 0.417 e. The van der Waals surface area contributed by atoms with Crippen LogP contribution in [0.3, 0.4) is 0 Å². The number of carbonyl (C=O) groups is 3. The molecule has 3 aromatic rings. The summed E-state index contributed by atoms with van der Waals surface area (Å²) in [5, 5.41) is 2.72. The lowest BCUT2D eigenvalue weighted by Gasteiger charge is -2.13. The normalized spacial score (nSPS) is 13.7. The van der Waals surface area contributed by atoms with Crippen LogP contribution >= 0.6 is 0 Å². The van der Waals surface area contributed by atoms with Crippen LogP contribution in [0.2, 0.25) is 0 Å². The summed E-state index contributed by atoms with van der Waals surface area (Å²) in [6, 6.07) is 8.86. The highest BCUT2D eigenvalue weighted by atomic mass is 19.4. The number of carbonyl (C=O) groups excluding carboxylic acids is 3. The van der Waals surface area contributed by atoms with E-state index in [-0.39, 0.29) is 37.2 Å². The SMILES string of the molecule is O=C(CCCN1C(=O)c2ccccc2C1=O)NCCc1cn2cc(C(F)(F)F)ccc2n1. The second-order valence-corrected chi connectivity index (χ2v) is 7.42. The molecule has 1 aliphatic heterocycles. The fourth-order valence-electron chi connectivity index (χ4n) is 3.59. The van der Waals surface area contributed by atoms with E-state index in [0.717, 1.165) is 17.2 Å². The van der Waals surface area contributed by atoms with E-state index in [0.29, 0.717) is 35.3 Å². The fraction of sp³-hybridized carbons (Fsp3) is 0.273. The number of imide groups is 1. The van der Waals surface area contributed by atoms with Crippen molar-refractivity contribution in [2.24, 2.45) is 0 Å². The molecule has 3 amide bonds. The maximum absolute atomic E-state index is 12.8. The van der Waals surface area contributed by atoms with Gasteiger partial charge in [0.2, 0.25) is 5.91 Å². The number of benzene rings is 1. The van der Waals surface area contributed by atoms with Crippen molar-refractivity contribution in [3.8, 4) is 0 Å². The highest BCUT2D eigenvalue weighted by molar-refractivity contribution is 6.21.